The molecule has 1 saturated heterocycles. The average Bonchev–Trinajstić information content (AvgIpc) is 3.23. The lowest BCUT2D eigenvalue weighted by atomic mass is 9.89. The van der Waals surface area contributed by atoms with E-state index in [4.69, 9.17) is 0 Å². The van der Waals surface area contributed by atoms with E-state index < -0.39 is 11.7 Å². The number of anilines is 1. The topological polar surface area (TPSA) is 73.9 Å². The molecule has 0 spiro atoms. The first kappa shape index (κ1) is 23.8. The number of benzene rings is 1. The predicted octanol–water partition coefficient (Wildman–Crippen LogP) is 5.46. The van der Waals surface area contributed by atoms with Crippen LogP contribution < -0.4 is 5.32 Å². The molecule has 34 heavy (non-hydrogen) atoms. The molecule has 3 aromatic rings. The van der Waals surface area contributed by atoms with Crippen LogP contribution in [-0.4, -0.2) is 45.1 Å². The lowest BCUT2D eigenvalue weighted by Crippen LogP contribution is -2.51. The molecule has 0 unspecified atom stereocenters. The molecule has 1 fully saturated rings. The molecule has 3 heterocycles. The van der Waals surface area contributed by atoms with Crippen LogP contribution in [0.4, 0.5) is 19.0 Å². The number of nitrogens with zero attached hydrogens (tertiary/aromatic N) is 3. The summed E-state index contributed by atoms with van der Waals surface area (Å²) in [5.41, 5.74) is 3.22. The summed E-state index contributed by atoms with van der Waals surface area (Å²) in [4.78, 5) is 19.6. The first-order chi connectivity index (χ1) is 16.1. The lowest BCUT2D eigenvalue weighted by Gasteiger charge is -2.40. The molecular formula is C25H28F3N5O. The van der Waals surface area contributed by atoms with Crippen molar-refractivity contribution >= 4 is 11.7 Å². The quantitative estimate of drug-likeness (QED) is 0.518. The number of aryl methyl sites for hydroxylation is 2. The molecule has 0 saturated carbocycles. The number of hydrogen-bond donors (Lipinski definition) is 2. The lowest BCUT2D eigenvalue weighted by molar-refractivity contribution is -0.137. The largest absolute Gasteiger partial charge is 0.417 e. The summed E-state index contributed by atoms with van der Waals surface area (Å²) in [7, 11) is 0. The fraction of sp³-hybridized carbons (Fsp3) is 0.400. The molecule has 2 N–H and O–H groups in total. The average molecular weight is 472 g/mol. The number of amides is 1. The SMILES string of the molecule is Cc1ccc(-c2cc(C)n[nH]2)c(C(=O)N2CCC[C@@H](C)[C@H]2CNc2ccc(C(F)(F)F)cn2)c1. The Morgan fingerprint density at radius 2 is 2.00 bits per heavy atom. The van der Waals surface area contributed by atoms with Crippen molar-refractivity contribution in [2.75, 3.05) is 18.4 Å². The highest BCUT2D eigenvalue weighted by molar-refractivity contribution is 6.01. The Bertz CT molecular complexity index is 1160. The van der Waals surface area contributed by atoms with Gasteiger partial charge in [-0.15, -0.1) is 0 Å². The van der Waals surface area contributed by atoms with E-state index in [0.717, 1.165) is 47.6 Å². The van der Waals surface area contributed by atoms with Crippen molar-refractivity contribution in [1.82, 2.24) is 20.1 Å². The van der Waals surface area contributed by atoms with Gasteiger partial charge < -0.3 is 10.2 Å². The highest BCUT2D eigenvalue weighted by Crippen LogP contribution is 2.31. The van der Waals surface area contributed by atoms with Gasteiger partial charge in [0.05, 0.1) is 23.0 Å². The standard InChI is InChI=1S/C25H28F3N5O/c1-15-6-8-19(21-12-17(3)31-32-21)20(11-15)24(34)33-10-4-5-16(2)22(33)14-30-23-9-7-18(13-29-23)25(26,27)28/h6-9,11-13,16,22H,4-5,10,14H2,1-3H3,(H,29,30)(H,31,32)/t16-,22-/m1/s1. The zero-order valence-corrected chi connectivity index (χ0v) is 19.4. The number of piperidine rings is 1. The zero-order valence-electron chi connectivity index (χ0n) is 19.4. The van der Waals surface area contributed by atoms with Crippen molar-refractivity contribution in [1.29, 1.82) is 0 Å². The van der Waals surface area contributed by atoms with E-state index >= 15 is 0 Å². The maximum absolute atomic E-state index is 13.8. The third-order valence-corrected chi connectivity index (χ3v) is 6.36. The molecule has 1 amide bonds. The summed E-state index contributed by atoms with van der Waals surface area (Å²) in [6.07, 6.45) is -1.74. The van der Waals surface area contributed by atoms with E-state index in [-0.39, 0.29) is 17.9 Å². The van der Waals surface area contributed by atoms with Crippen LogP contribution in [0.5, 0.6) is 0 Å². The fourth-order valence-corrected chi connectivity index (χ4v) is 4.47. The van der Waals surface area contributed by atoms with Gasteiger partial charge in [-0.25, -0.2) is 4.98 Å². The highest BCUT2D eigenvalue weighted by Gasteiger charge is 2.34. The van der Waals surface area contributed by atoms with E-state index in [2.05, 4.69) is 27.4 Å². The molecule has 0 bridgehead atoms. The molecule has 6 nitrogen and oxygen atoms in total. The Morgan fingerprint density at radius 3 is 2.65 bits per heavy atom. The molecule has 4 rings (SSSR count). The molecule has 180 valence electrons. The fourth-order valence-electron chi connectivity index (χ4n) is 4.47. The number of carbonyl (C=O) groups is 1. The number of alkyl halides is 3. The van der Waals surface area contributed by atoms with Gasteiger partial charge in [-0.05, 0) is 56.9 Å². The summed E-state index contributed by atoms with van der Waals surface area (Å²) >= 11 is 0. The van der Waals surface area contributed by atoms with Gasteiger partial charge in [0.2, 0.25) is 0 Å². The van der Waals surface area contributed by atoms with Crippen LogP contribution in [-0.2, 0) is 6.18 Å². The molecule has 2 atom stereocenters. The van der Waals surface area contributed by atoms with Crippen molar-refractivity contribution < 1.29 is 18.0 Å². The maximum atomic E-state index is 13.8. The number of carbonyl (C=O) groups excluding carboxylic acids is 1. The van der Waals surface area contributed by atoms with Crippen molar-refractivity contribution in [2.24, 2.45) is 5.92 Å². The van der Waals surface area contributed by atoms with Crippen molar-refractivity contribution in [3.63, 3.8) is 0 Å². The number of hydrogen-bond acceptors (Lipinski definition) is 4. The van der Waals surface area contributed by atoms with Crippen LogP contribution in [0.15, 0.2) is 42.6 Å². The Balaban J connectivity index is 1.57. The minimum absolute atomic E-state index is 0.0651. The molecule has 0 aliphatic carbocycles. The summed E-state index contributed by atoms with van der Waals surface area (Å²) in [6, 6.07) is 9.92. The number of aromatic nitrogens is 3. The second kappa shape index (κ2) is 9.48. The van der Waals surface area contributed by atoms with E-state index in [0.29, 0.717) is 24.5 Å². The number of aromatic amines is 1. The summed E-state index contributed by atoms with van der Waals surface area (Å²) < 4.78 is 38.5. The number of pyridine rings is 1. The molecule has 1 aliphatic rings. The highest BCUT2D eigenvalue weighted by atomic mass is 19.4. The van der Waals surface area contributed by atoms with Gasteiger partial charge in [-0.1, -0.05) is 24.6 Å². The van der Waals surface area contributed by atoms with E-state index in [1.165, 1.54) is 6.07 Å². The summed E-state index contributed by atoms with van der Waals surface area (Å²) in [5.74, 6) is 0.509. The molecule has 9 heteroatoms. The third-order valence-electron chi connectivity index (χ3n) is 6.36. The monoisotopic (exact) mass is 471 g/mol. The predicted molar refractivity (Wildman–Crippen MR) is 124 cm³/mol. The normalized spacial score (nSPS) is 18.7. The summed E-state index contributed by atoms with van der Waals surface area (Å²) in [6.45, 7) is 6.95. The van der Waals surface area contributed by atoms with Crippen LogP contribution in [0.25, 0.3) is 11.3 Å². The molecule has 2 aromatic heterocycles. The van der Waals surface area contributed by atoms with Gasteiger partial charge >= 0.3 is 6.18 Å². The Morgan fingerprint density at radius 1 is 1.21 bits per heavy atom. The number of H-pyrrole nitrogens is 1. The first-order valence-corrected chi connectivity index (χ1v) is 11.3. The van der Waals surface area contributed by atoms with Crippen LogP contribution in [0.2, 0.25) is 0 Å². The molecule has 1 aliphatic heterocycles. The number of rotatable bonds is 5. The molecule has 0 radical (unpaired) electrons. The van der Waals surface area contributed by atoms with Crippen LogP contribution in [0, 0.1) is 19.8 Å². The zero-order chi connectivity index (χ0) is 24.5. The van der Waals surface area contributed by atoms with Gasteiger partial charge in [-0.2, -0.15) is 18.3 Å². The second-order valence-corrected chi connectivity index (χ2v) is 8.97. The van der Waals surface area contributed by atoms with E-state index in [9.17, 15) is 18.0 Å². The number of nitrogens with one attached hydrogen (secondary N) is 2. The minimum Gasteiger partial charge on any atom is -0.368 e. The van der Waals surface area contributed by atoms with Crippen LogP contribution in [0.3, 0.4) is 0 Å². The maximum Gasteiger partial charge on any atom is 0.417 e. The molecular weight excluding hydrogens is 443 g/mol. The summed E-state index contributed by atoms with van der Waals surface area (Å²) in [5, 5.41) is 10.3. The molecule has 1 aromatic carbocycles. The first-order valence-electron chi connectivity index (χ1n) is 11.3. The van der Waals surface area contributed by atoms with Gasteiger partial charge in [-0.3, -0.25) is 9.89 Å². The van der Waals surface area contributed by atoms with E-state index in [1.807, 2.05) is 43.0 Å². The van der Waals surface area contributed by atoms with Crippen molar-refractivity contribution in [3.8, 4) is 11.3 Å². The Kier molecular flexibility index (Phi) is 6.63. The minimum atomic E-state index is -4.43. The number of halogens is 3. The third kappa shape index (κ3) is 5.08. The van der Waals surface area contributed by atoms with Gasteiger partial charge in [0.1, 0.15) is 5.82 Å². The van der Waals surface area contributed by atoms with Gasteiger partial charge in [0, 0.05) is 30.4 Å². The van der Waals surface area contributed by atoms with E-state index in [1.54, 1.807) is 0 Å². The van der Waals surface area contributed by atoms with Crippen molar-refractivity contribution in [2.45, 2.75) is 45.8 Å². The van der Waals surface area contributed by atoms with Gasteiger partial charge in [0.25, 0.3) is 5.91 Å². The van der Waals surface area contributed by atoms with Crippen LogP contribution >= 0.6 is 0 Å². The smallest absolute Gasteiger partial charge is 0.368 e. The number of likely N-dealkylation sites (tertiary alicyclic amines) is 1. The van der Waals surface area contributed by atoms with Crippen LogP contribution in [0.1, 0.15) is 46.9 Å². The Labute approximate surface area is 196 Å². The Hall–Kier alpha value is -3.36. The van der Waals surface area contributed by atoms with Crippen molar-refractivity contribution in [3.05, 3.63) is 65.0 Å². The second-order valence-electron chi connectivity index (χ2n) is 8.97. The van der Waals surface area contributed by atoms with Gasteiger partial charge in [0.15, 0.2) is 0 Å².